The molecule has 22 heavy (non-hydrogen) atoms. The molecule has 124 valence electrons. The monoisotopic (exact) mass is 311 g/mol. The lowest BCUT2D eigenvalue weighted by Gasteiger charge is -2.20. The van der Waals surface area contributed by atoms with E-state index in [2.05, 4.69) is 4.90 Å². The molecule has 0 radical (unpaired) electrons. The van der Waals surface area contributed by atoms with Gasteiger partial charge < -0.3 is 24.6 Å². The van der Waals surface area contributed by atoms with Gasteiger partial charge in [-0.2, -0.15) is 0 Å². The van der Waals surface area contributed by atoms with Gasteiger partial charge in [0, 0.05) is 31.4 Å². The van der Waals surface area contributed by atoms with Gasteiger partial charge in [0.25, 0.3) is 0 Å². The molecule has 7 heteroatoms. The number of rotatable bonds is 9. The van der Waals surface area contributed by atoms with Crippen molar-refractivity contribution in [3.05, 3.63) is 28.2 Å². The van der Waals surface area contributed by atoms with Gasteiger partial charge in [-0.1, -0.05) is 0 Å². The van der Waals surface area contributed by atoms with Gasteiger partial charge in [0.2, 0.25) is 5.43 Å². The second-order valence-corrected chi connectivity index (χ2v) is 5.75. The molecule has 0 saturated heterocycles. The summed E-state index contributed by atoms with van der Waals surface area (Å²) < 4.78 is 1.86. The number of aromatic nitrogens is 1. The lowest BCUT2D eigenvalue weighted by atomic mass is 10.2. The number of nitrogens with zero attached hydrogens (tertiary/aromatic N) is 3. The average Bonchev–Trinajstić information content (AvgIpc) is 2.41. The highest BCUT2D eigenvalue weighted by molar-refractivity contribution is 5.66. The Morgan fingerprint density at radius 2 is 1.95 bits per heavy atom. The van der Waals surface area contributed by atoms with E-state index in [-0.39, 0.29) is 12.2 Å². The van der Waals surface area contributed by atoms with E-state index in [4.69, 9.17) is 5.11 Å². The molecule has 0 aliphatic heterocycles. The molecule has 0 aliphatic rings. The van der Waals surface area contributed by atoms with Crippen LogP contribution in [0.4, 0.5) is 0 Å². The van der Waals surface area contributed by atoms with Gasteiger partial charge >= 0.3 is 5.97 Å². The first kappa shape index (κ1) is 18.2. The van der Waals surface area contributed by atoms with Crippen LogP contribution in [0.1, 0.15) is 18.5 Å². The third-order valence-corrected chi connectivity index (χ3v) is 3.34. The Morgan fingerprint density at radius 3 is 2.55 bits per heavy atom. The first-order valence-electron chi connectivity index (χ1n) is 7.27. The maximum Gasteiger partial charge on any atom is 0.304 e. The molecule has 0 aliphatic carbocycles. The fraction of sp³-hybridized carbons (Fsp3) is 0.600. The summed E-state index contributed by atoms with van der Waals surface area (Å²) in [6.07, 6.45) is 2.40. The van der Waals surface area contributed by atoms with E-state index in [0.29, 0.717) is 19.6 Å². The third kappa shape index (κ3) is 6.28. The summed E-state index contributed by atoms with van der Waals surface area (Å²) in [5.74, 6) is -1.11. The van der Waals surface area contributed by atoms with E-state index in [9.17, 15) is 14.7 Å². The van der Waals surface area contributed by atoms with Crippen molar-refractivity contribution in [2.24, 2.45) is 0 Å². The minimum Gasteiger partial charge on any atom is -0.503 e. The highest BCUT2D eigenvalue weighted by Gasteiger charge is 2.10. The minimum absolute atomic E-state index is 0.0550. The molecular weight excluding hydrogens is 286 g/mol. The van der Waals surface area contributed by atoms with Crippen LogP contribution in [0, 0.1) is 0 Å². The van der Waals surface area contributed by atoms with Gasteiger partial charge in [0.15, 0.2) is 5.75 Å². The van der Waals surface area contributed by atoms with E-state index in [1.807, 2.05) is 30.6 Å². The summed E-state index contributed by atoms with van der Waals surface area (Å²) in [5.41, 5.74) is 0.361. The number of aryl methyl sites for hydroxylation is 1. The number of carboxylic acids is 1. The van der Waals surface area contributed by atoms with Crippen LogP contribution in [0.3, 0.4) is 0 Å². The van der Waals surface area contributed by atoms with Crippen molar-refractivity contribution in [3.63, 3.8) is 0 Å². The van der Waals surface area contributed by atoms with E-state index in [1.54, 1.807) is 0 Å². The van der Waals surface area contributed by atoms with Crippen LogP contribution in [0.15, 0.2) is 17.1 Å². The standard InChI is InChI=1S/C15H25N3O4/c1-16(2)6-4-7-18-11-14(20)13(19)9-12(18)10-17(3)8-5-15(21)22/h9,11,20H,4-8,10H2,1-3H3,(H,21,22). The van der Waals surface area contributed by atoms with E-state index in [0.717, 1.165) is 18.7 Å². The molecule has 1 rings (SSSR count). The predicted octanol–water partition coefficient (Wildman–Crippen LogP) is 0.412. The molecule has 0 atom stereocenters. The van der Waals surface area contributed by atoms with Crippen molar-refractivity contribution >= 4 is 5.97 Å². The van der Waals surface area contributed by atoms with Gasteiger partial charge in [-0.15, -0.1) is 0 Å². The molecule has 0 amide bonds. The average molecular weight is 311 g/mol. The van der Waals surface area contributed by atoms with Crippen molar-refractivity contribution in [1.29, 1.82) is 0 Å². The first-order chi connectivity index (χ1) is 10.3. The Balaban J connectivity index is 2.79. The van der Waals surface area contributed by atoms with Gasteiger partial charge in [-0.3, -0.25) is 9.59 Å². The van der Waals surface area contributed by atoms with Crippen LogP contribution in [0.25, 0.3) is 0 Å². The van der Waals surface area contributed by atoms with Gasteiger partial charge in [0.1, 0.15) is 0 Å². The lowest BCUT2D eigenvalue weighted by Crippen LogP contribution is -2.25. The van der Waals surface area contributed by atoms with Crippen molar-refractivity contribution in [3.8, 4) is 5.75 Å². The van der Waals surface area contributed by atoms with Crippen LogP contribution in [0.2, 0.25) is 0 Å². The van der Waals surface area contributed by atoms with E-state index < -0.39 is 11.4 Å². The number of aromatic hydroxyl groups is 1. The molecule has 0 spiro atoms. The van der Waals surface area contributed by atoms with Crippen LogP contribution < -0.4 is 5.43 Å². The van der Waals surface area contributed by atoms with Gasteiger partial charge in [-0.25, -0.2) is 0 Å². The highest BCUT2D eigenvalue weighted by atomic mass is 16.4. The molecule has 0 saturated carbocycles. The summed E-state index contributed by atoms with van der Waals surface area (Å²) in [4.78, 5) is 26.2. The lowest BCUT2D eigenvalue weighted by molar-refractivity contribution is -0.137. The number of aliphatic carboxylic acids is 1. The molecule has 0 bridgehead atoms. The normalized spacial score (nSPS) is 11.3. The molecule has 0 unspecified atom stereocenters. The molecule has 7 nitrogen and oxygen atoms in total. The number of pyridine rings is 1. The first-order valence-corrected chi connectivity index (χ1v) is 7.27. The summed E-state index contributed by atoms with van der Waals surface area (Å²) >= 11 is 0. The molecule has 2 N–H and O–H groups in total. The Morgan fingerprint density at radius 1 is 1.27 bits per heavy atom. The second kappa shape index (κ2) is 8.55. The molecule has 1 heterocycles. The molecule has 1 aromatic rings. The fourth-order valence-electron chi connectivity index (χ4n) is 2.15. The zero-order chi connectivity index (χ0) is 16.7. The van der Waals surface area contributed by atoms with Crippen molar-refractivity contribution in [1.82, 2.24) is 14.4 Å². The summed E-state index contributed by atoms with van der Waals surface area (Å²) in [6, 6.07) is 1.42. The minimum atomic E-state index is -0.846. The predicted molar refractivity (Wildman–Crippen MR) is 84.1 cm³/mol. The van der Waals surface area contributed by atoms with Crippen LogP contribution >= 0.6 is 0 Å². The van der Waals surface area contributed by atoms with Crippen molar-refractivity contribution in [2.45, 2.75) is 25.9 Å². The summed E-state index contributed by atoms with van der Waals surface area (Å²) in [7, 11) is 5.79. The van der Waals surface area contributed by atoms with Crippen molar-refractivity contribution < 1.29 is 15.0 Å². The van der Waals surface area contributed by atoms with Crippen molar-refractivity contribution in [2.75, 3.05) is 34.2 Å². The Labute approximate surface area is 130 Å². The number of hydrogen-bond donors (Lipinski definition) is 2. The molecule has 0 aromatic carbocycles. The van der Waals surface area contributed by atoms with E-state index in [1.165, 1.54) is 12.3 Å². The molecular formula is C15H25N3O4. The smallest absolute Gasteiger partial charge is 0.304 e. The fourth-order valence-corrected chi connectivity index (χ4v) is 2.15. The quantitative estimate of drug-likeness (QED) is 0.687. The zero-order valence-corrected chi connectivity index (χ0v) is 13.4. The van der Waals surface area contributed by atoms with Gasteiger partial charge in [-0.05, 0) is 34.1 Å². The second-order valence-electron chi connectivity index (χ2n) is 5.75. The van der Waals surface area contributed by atoms with Crippen LogP contribution in [0.5, 0.6) is 5.75 Å². The SMILES string of the molecule is CN(C)CCCn1cc(O)c(=O)cc1CN(C)CCC(=O)O. The maximum absolute atomic E-state index is 11.6. The Kier molecular flexibility index (Phi) is 7.07. The largest absolute Gasteiger partial charge is 0.503 e. The van der Waals surface area contributed by atoms with E-state index >= 15 is 0 Å². The van der Waals surface area contributed by atoms with Crippen LogP contribution in [-0.2, 0) is 17.9 Å². The number of hydrogen-bond acceptors (Lipinski definition) is 5. The Hall–Kier alpha value is -1.86. The zero-order valence-electron chi connectivity index (χ0n) is 13.4. The summed E-state index contributed by atoms with van der Waals surface area (Å²) in [6.45, 7) is 2.46. The maximum atomic E-state index is 11.6. The van der Waals surface area contributed by atoms with Crippen LogP contribution in [-0.4, -0.2) is 64.8 Å². The third-order valence-electron chi connectivity index (χ3n) is 3.34. The Bertz CT molecular complexity index is 554. The number of carboxylic acid groups (broad SMARTS) is 1. The summed E-state index contributed by atoms with van der Waals surface area (Å²) in [5, 5.41) is 18.3. The van der Waals surface area contributed by atoms with Gasteiger partial charge in [0.05, 0.1) is 12.6 Å². The molecule has 1 aromatic heterocycles. The number of carbonyl (C=O) groups is 1. The highest BCUT2D eigenvalue weighted by Crippen LogP contribution is 2.09. The molecule has 0 fully saturated rings. The topological polar surface area (TPSA) is 86.0 Å².